The van der Waals surface area contributed by atoms with Crippen molar-refractivity contribution in [1.29, 1.82) is 0 Å². The Labute approximate surface area is 202 Å². The molecule has 9 nitrogen and oxygen atoms in total. The molecule has 0 amide bonds. The van der Waals surface area contributed by atoms with E-state index in [4.69, 9.17) is 14.2 Å². The minimum Gasteiger partial charge on any atom is -0.490 e. The lowest BCUT2D eigenvalue weighted by atomic mass is 10.0. The van der Waals surface area contributed by atoms with Gasteiger partial charge in [0.2, 0.25) is 0 Å². The van der Waals surface area contributed by atoms with Gasteiger partial charge in [-0.15, -0.1) is 0 Å². The molecule has 34 heavy (non-hydrogen) atoms. The summed E-state index contributed by atoms with van der Waals surface area (Å²) in [6.07, 6.45) is 2.27. The first-order valence-electron chi connectivity index (χ1n) is 12.2. The van der Waals surface area contributed by atoms with E-state index in [1.165, 1.54) is 0 Å². The highest BCUT2D eigenvalue weighted by Gasteiger charge is 2.36. The molecule has 2 N–H and O–H groups in total. The zero-order valence-electron chi connectivity index (χ0n) is 20.3. The largest absolute Gasteiger partial charge is 0.490 e. The van der Waals surface area contributed by atoms with Crippen LogP contribution >= 0.6 is 0 Å². The monoisotopic (exact) mass is 471 g/mol. The van der Waals surface area contributed by atoms with Crippen LogP contribution in [-0.2, 0) is 11.3 Å². The average molecular weight is 472 g/mol. The number of ether oxygens (including phenoxy) is 3. The summed E-state index contributed by atoms with van der Waals surface area (Å²) in [6.45, 7) is 12.0. The van der Waals surface area contributed by atoms with Crippen LogP contribution in [0, 0.1) is 6.92 Å². The Kier molecular flexibility index (Phi) is 8.55. The number of hydrogen-bond donors (Lipinski definition) is 2. The summed E-state index contributed by atoms with van der Waals surface area (Å²) in [4.78, 5) is 13.0. The molecule has 9 heteroatoms. The number of aryl methyl sites for hydroxylation is 1. The van der Waals surface area contributed by atoms with Crippen molar-refractivity contribution in [2.45, 2.75) is 32.4 Å². The molecule has 4 rings (SSSR count). The Hall–Kier alpha value is -2.46. The minimum absolute atomic E-state index is 0.509. The van der Waals surface area contributed by atoms with Crippen molar-refractivity contribution < 1.29 is 19.3 Å². The quantitative estimate of drug-likeness (QED) is 0.507. The lowest BCUT2D eigenvalue weighted by Gasteiger charge is -2.26. The van der Waals surface area contributed by atoms with Crippen LogP contribution in [0.1, 0.15) is 24.6 Å². The second kappa shape index (κ2) is 11.8. The maximum Gasteiger partial charge on any atom is 0.161 e. The first-order chi connectivity index (χ1) is 16.5. The van der Waals surface area contributed by atoms with Crippen LogP contribution in [0.25, 0.3) is 0 Å². The number of aliphatic hydroxyl groups is 1. The van der Waals surface area contributed by atoms with Gasteiger partial charge in [-0.25, -0.2) is 9.97 Å². The van der Waals surface area contributed by atoms with Crippen molar-refractivity contribution in [1.82, 2.24) is 20.2 Å². The summed E-state index contributed by atoms with van der Waals surface area (Å²) < 4.78 is 17.3. The van der Waals surface area contributed by atoms with Gasteiger partial charge in [0.05, 0.1) is 25.4 Å². The molecule has 1 aromatic carbocycles. The second-order valence-electron chi connectivity index (χ2n) is 9.03. The van der Waals surface area contributed by atoms with Crippen molar-refractivity contribution >= 4 is 5.82 Å². The zero-order chi connectivity index (χ0) is 23.8. The number of rotatable bonds is 11. The van der Waals surface area contributed by atoms with Gasteiger partial charge in [-0.2, -0.15) is 0 Å². The maximum absolute atomic E-state index is 11.1. The molecule has 186 valence electrons. The number of benzene rings is 1. The highest BCUT2D eigenvalue weighted by atomic mass is 16.5. The summed E-state index contributed by atoms with van der Waals surface area (Å²) in [5, 5.41) is 14.5. The molecule has 0 saturated carbocycles. The van der Waals surface area contributed by atoms with Gasteiger partial charge in [-0.3, -0.25) is 4.90 Å². The summed E-state index contributed by atoms with van der Waals surface area (Å²) in [7, 11) is 0. The molecule has 2 aliphatic heterocycles. The van der Waals surface area contributed by atoms with Crippen LogP contribution in [0.15, 0.2) is 30.6 Å². The Balaban J connectivity index is 1.26. The summed E-state index contributed by atoms with van der Waals surface area (Å²) in [5.41, 5.74) is 1.23. The van der Waals surface area contributed by atoms with E-state index >= 15 is 0 Å². The highest BCUT2D eigenvalue weighted by Crippen LogP contribution is 2.29. The first kappa shape index (κ1) is 24.7. The van der Waals surface area contributed by atoms with Gasteiger partial charge in [-0.05, 0) is 38.0 Å². The molecule has 1 atom stereocenters. The number of β-amino-alcohol motifs (C(OH)–C–C–N with tert-alkyl or cyclic N) is 1. The maximum atomic E-state index is 11.1. The molecule has 2 saturated heterocycles. The van der Waals surface area contributed by atoms with Crippen molar-refractivity contribution in [2.75, 3.05) is 70.6 Å². The number of nitrogens with zero attached hydrogens (tertiary/aromatic N) is 4. The molecule has 0 aliphatic carbocycles. The molecular formula is C25H37N5O4. The van der Waals surface area contributed by atoms with Crippen LogP contribution < -0.4 is 19.7 Å². The molecule has 0 spiro atoms. The number of nitrogens with one attached hydrogen (secondary N) is 1. The van der Waals surface area contributed by atoms with E-state index in [0.29, 0.717) is 39.3 Å². The average Bonchev–Trinajstić information content (AvgIpc) is 3.23. The number of aromatic nitrogens is 2. The van der Waals surface area contributed by atoms with Gasteiger partial charge < -0.3 is 29.5 Å². The fourth-order valence-corrected chi connectivity index (χ4v) is 4.41. The Bertz CT molecular complexity index is 924. The molecule has 0 unspecified atom stereocenters. The van der Waals surface area contributed by atoms with Crippen LogP contribution in [0.5, 0.6) is 11.5 Å². The van der Waals surface area contributed by atoms with Crippen molar-refractivity contribution in [2.24, 2.45) is 0 Å². The topological polar surface area (TPSA) is 92.2 Å². The summed E-state index contributed by atoms with van der Waals surface area (Å²) in [6, 6.07) is 8.01. The number of morpholine rings is 1. The van der Waals surface area contributed by atoms with E-state index < -0.39 is 5.60 Å². The summed E-state index contributed by atoms with van der Waals surface area (Å²) >= 11 is 0. The van der Waals surface area contributed by atoms with E-state index in [0.717, 1.165) is 68.0 Å². The van der Waals surface area contributed by atoms with E-state index in [1.54, 1.807) is 6.33 Å². The van der Waals surface area contributed by atoms with Crippen molar-refractivity contribution in [3.63, 3.8) is 0 Å². The third-order valence-corrected chi connectivity index (χ3v) is 6.31. The lowest BCUT2D eigenvalue weighted by molar-refractivity contribution is 0.0320. The van der Waals surface area contributed by atoms with Gasteiger partial charge in [0.25, 0.3) is 0 Å². The molecule has 2 aromatic rings. The van der Waals surface area contributed by atoms with Gasteiger partial charge in [0.15, 0.2) is 11.5 Å². The van der Waals surface area contributed by atoms with E-state index in [9.17, 15) is 5.11 Å². The fraction of sp³-hybridized carbons (Fsp3) is 0.600. The Morgan fingerprint density at radius 3 is 2.76 bits per heavy atom. The summed E-state index contributed by atoms with van der Waals surface area (Å²) in [5.74, 6) is 2.40. The fourth-order valence-electron chi connectivity index (χ4n) is 4.41. The first-order valence-corrected chi connectivity index (χ1v) is 12.2. The highest BCUT2D eigenvalue weighted by molar-refractivity contribution is 5.43. The predicted molar refractivity (Wildman–Crippen MR) is 131 cm³/mol. The SMILES string of the molecule is CCOc1cc(CNC[C@@]2(O)CCN(c3cc(C)ncn3)C2)ccc1OCCN1CCOCC1. The standard InChI is InChI=1S/C25H37N5O4/c1-3-33-23-15-21(4-5-22(23)34-13-10-29-8-11-32-12-9-29)16-26-17-25(31)6-7-30(18-25)24-14-20(2)27-19-28-24/h4-5,14-15,19,26,31H,3,6-13,16-18H2,1-2H3/t25-/m0/s1. The van der Waals surface area contributed by atoms with E-state index in [1.807, 2.05) is 38.1 Å². The van der Waals surface area contributed by atoms with E-state index in [-0.39, 0.29) is 0 Å². The second-order valence-corrected chi connectivity index (χ2v) is 9.03. The van der Waals surface area contributed by atoms with Crippen LogP contribution in [0.3, 0.4) is 0 Å². The molecule has 3 heterocycles. The molecular weight excluding hydrogens is 434 g/mol. The van der Waals surface area contributed by atoms with E-state index in [2.05, 4.69) is 25.1 Å². The third-order valence-electron chi connectivity index (χ3n) is 6.31. The van der Waals surface area contributed by atoms with Gasteiger partial charge >= 0.3 is 0 Å². The number of hydrogen-bond acceptors (Lipinski definition) is 9. The van der Waals surface area contributed by atoms with Crippen molar-refractivity contribution in [3.05, 3.63) is 41.9 Å². The zero-order valence-corrected chi connectivity index (χ0v) is 20.3. The minimum atomic E-state index is -0.788. The van der Waals surface area contributed by atoms with Crippen LogP contribution in [0.2, 0.25) is 0 Å². The van der Waals surface area contributed by atoms with Gasteiger partial charge in [-0.1, -0.05) is 6.07 Å². The lowest BCUT2D eigenvalue weighted by Crippen LogP contribution is -2.43. The predicted octanol–water partition coefficient (Wildman–Crippen LogP) is 1.63. The third kappa shape index (κ3) is 6.79. The molecule has 1 aromatic heterocycles. The molecule has 0 bridgehead atoms. The van der Waals surface area contributed by atoms with Gasteiger partial charge in [0.1, 0.15) is 18.8 Å². The van der Waals surface area contributed by atoms with Crippen molar-refractivity contribution in [3.8, 4) is 11.5 Å². The number of anilines is 1. The molecule has 2 aliphatic rings. The Morgan fingerprint density at radius 2 is 1.97 bits per heavy atom. The normalized spacial score (nSPS) is 21.1. The molecule has 0 radical (unpaired) electrons. The van der Waals surface area contributed by atoms with Gasteiger partial charge in [0, 0.05) is 57.6 Å². The van der Waals surface area contributed by atoms with Crippen LogP contribution in [0.4, 0.5) is 5.82 Å². The Morgan fingerprint density at radius 1 is 1.12 bits per heavy atom. The smallest absolute Gasteiger partial charge is 0.161 e. The van der Waals surface area contributed by atoms with Crippen LogP contribution in [-0.4, -0.2) is 91.3 Å². The molecule has 2 fully saturated rings.